The minimum absolute atomic E-state index is 0.218. The second-order valence-corrected chi connectivity index (χ2v) is 4.25. The number of nitrogens with one attached hydrogen (secondary N) is 1. The number of H-pyrrole nitrogens is 1. The topological polar surface area (TPSA) is 57.9 Å². The Hall–Kier alpha value is -0.390. The highest BCUT2D eigenvalue weighted by atomic mass is 79.9. The monoisotopic (exact) mass is 274 g/mol. The third-order valence-corrected chi connectivity index (χ3v) is 3.22. The third kappa shape index (κ3) is 2.80. The molecule has 5 heteroatoms. The zero-order valence-corrected chi connectivity index (χ0v) is 11.1. The zero-order chi connectivity index (χ0) is 11.4. The minimum Gasteiger partial charge on any atom is -0.344 e. The Balaban J connectivity index is 2.95. The summed E-state index contributed by atoms with van der Waals surface area (Å²) in [7, 11) is 0. The molecule has 0 aliphatic heterocycles. The molecule has 0 saturated carbocycles. The molecule has 0 saturated heterocycles. The molecular weight excluding hydrogens is 256 g/mol. The van der Waals surface area contributed by atoms with E-state index < -0.39 is 0 Å². The van der Waals surface area contributed by atoms with Gasteiger partial charge in [-0.3, -0.25) is 4.90 Å². The van der Waals surface area contributed by atoms with Crippen LogP contribution in [0.5, 0.6) is 0 Å². The summed E-state index contributed by atoms with van der Waals surface area (Å²) in [6, 6.07) is 0.218. The van der Waals surface area contributed by atoms with Crippen LogP contribution in [0.4, 0.5) is 0 Å². The molecule has 1 rings (SSSR count). The fourth-order valence-corrected chi connectivity index (χ4v) is 2.45. The number of aromatic nitrogens is 2. The molecule has 4 nitrogen and oxygen atoms in total. The van der Waals surface area contributed by atoms with Crippen LogP contribution < -0.4 is 5.73 Å². The number of nitrogens with two attached hydrogens (primary N) is 1. The molecular formula is C10H19BrN4. The molecule has 0 bridgehead atoms. The smallest absolute Gasteiger partial charge is 0.129 e. The van der Waals surface area contributed by atoms with Crippen LogP contribution in [0.3, 0.4) is 0 Å². The summed E-state index contributed by atoms with van der Waals surface area (Å²) in [5.74, 6) is 0.919. The number of aromatic amines is 1. The first-order valence-corrected chi connectivity index (χ1v) is 6.09. The standard InChI is InChI=1S/C10H19BrN4/c1-4-15(5-2)8(6-12)9-10(11)14-7(3)13-9/h8H,4-6,12H2,1-3H3,(H,13,14). The Morgan fingerprint density at radius 2 is 2.07 bits per heavy atom. The molecule has 0 radical (unpaired) electrons. The van der Waals surface area contributed by atoms with Gasteiger partial charge in [0, 0.05) is 6.54 Å². The number of hydrogen-bond donors (Lipinski definition) is 2. The number of rotatable bonds is 5. The minimum atomic E-state index is 0.218. The van der Waals surface area contributed by atoms with Crippen molar-refractivity contribution in [1.29, 1.82) is 0 Å². The average molecular weight is 275 g/mol. The largest absolute Gasteiger partial charge is 0.344 e. The van der Waals surface area contributed by atoms with Crippen LogP contribution in [-0.2, 0) is 0 Å². The summed E-state index contributed by atoms with van der Waals surface area (Å²) in [6.07, 6.45) is 0. The maximum Gasteiger partial charge on any atom is 0.129 e. The van der Waals surface area contributed by atoms with Gasteiger partial charge in [-0.1, -0.05) is 13.8 Å². The zero-order valence-electron chi connectivity index (χ0n) is 9.55. The Labute approximate surface area is 99.4 Å². The Kier molecular flexibility index (Phi) is 4.76. The van der Waals surface area contributed by atoms with Crippen LogP contribution in [0.2, 0.25) is 0 Å². The lowest BCUT2D eigenvalue weighted by Crippen LogP contribution is -2.34. The van der Waals surface area contributed by atoms with Crippen LogP contribution in [-0.4, -0.2) is 34.5 Å². The second-order valence-electron chi connectivity index (χ2n) is 3.50. The fourth-order valence-electron chi connectivity index (χ4n) is 1.82. The first kappa shape index (κ1) is 12.7. The molecule has 1 aromatic rings. The van der Waals surface area contributed by atoms with Crippen LogP contribution >= 0.6 is 15.9 Å². The third-order valence-electron chi connectivity index (χ3n) is 2.61. The summed E-state index contributed by atoms with van der Waals surface area (Å²) in [5, 5.41) is 0. The van der Waals surface area contributed by atoms with E-state index in [1.807, 2.05) is 6.92 Å². The van der Waals surface area contributed by atoms with Gasteiger partial charge in [-0.15, -0.1) is 0 Å². The fraction of sp³-hybridized carbons (Fsp3) is 0.700. The predicted octanol–water partition coefficient (Wildman–Crippen LogP) is 1.82. The number of likely N-dealkylation sites (N-methyl/N-ethyl adjacent to an activating group) is 1. The lowest BCUT2D eigenvalue weighted by molar-refractivity contribution is 0.219. The Bertz CT molecular complexity index is 306. The van der Waals surface area contributed by atoms with E-state index in [9.17, 15) is 0 Å². The number of nitrogens with zero attached hydrogens (tertiary/aromatic N) is 2. The Morgan fingerprint density at radius 1 is 1.47 bits per heavy atom. The summed E-state index contributed by atoms with van der Waals surface area (Å²) in [4.78, 5) is 9.89. The number of imidazole rings is 1. The summed E-state index contributed by atoms with van der Waals surface area (Å²) < 4.78 is 0.877. The maximum absolute atomic E-state index is 5.82. The van der Waals surface area contributed by atoms with Crippen LogP contribution in [0.1, 0.15) is 31.4 Å². The lowest BCUT2D eigenvalue weighted by Gasteiger charge is -2.27. The van der Waals surface area contributed by atoms with Crippen molar-refractivity contribution in [3.05, 3.63) is 16.1 Å². The van der Waals surface area contributed by atoms with Gasteiger partial charge in [0.25, 0.3) is 0 Å². The van der Waals surface area contributed by atoms with E-state index in [0.717, 1.165) is 29.2 Å². The molecule has 1 unspecified atom stereocenters. The first-order valence-electron chi connectivity index (χ1n) is 5.30. The van der Waals surface area contributed by atoms with Crippen LogP contribution in [0.25, 0.3) is 0 Å². The van der Waals surface area contributed by atoms with E-state index in [2.05, 4.69) is 44.6 Å². The van der Waals surface area contributed by atoms with Gasteiger partial charge in [-0.25, -0.2) is 4.98 Å². The van der Waals surface area contributed by atoms with Gasteiger partial charge in [0.05, 0.1) is 11.7 Å². The predicted molar refractivity (Wildman–Crippen MR) is 65.7 cm³/mol. The second kappa shape index (κ2) is 5.63. The van der Waals surface area contributed by atoms with Crippen LogP contribution in [0.15, 0.2) is 4.60 Å². The maximum atomic E-state index is 5.82. The van der Waals surface area contributed by atoms with E-state index in [4.69, 9.17) is 5.73 Å². The van der Waals surface area contributed by atoms with Gasteiger partial charge in [-0.05, 0) is 35.9 Å². The van der Waals surface area contributed by atoms with Crippen molar-refractivity contribution in [1.82, 2.24) is 14.9 Å². The Morgan fingerprint density at radius 3 is 2.40 bits per heavy atom. The molecule has 86 valence electrons. The molecule has 0 aromatic carbocycles. The molecule has 1 atom stereocenters. The summed E-state index contributed by atoms with van der Waals surface area (Å²) >= 11 is 3.46. The van der Waals surface area contributed by atoms with Crippen molar-refractivity contribution < 1.29 is 0 Å². The molecule has 3 N–H and O–H groups in total. The van der Waals surface area contributed by atoms with Gasteiger partial charge < -0.3 is 10.7 Å². The van der Waals surface area contributed by atoms with Gasteiger partial charge >= 0.3 is 0 Å². The van der Waals surface area contributed by atoms with Crippen molar-refractivity contribution in [3.63, 3.8) is 0 Å². The van der Waals surface area contributed by atoms with Crippen molar-refractivity contribution in [2.24, 2.45) is 5.73 Å². The summed E-state index contributed by atoms with van der Waals surface area (Å²) in [5.41, 5.74) is 6.91. The molecule has 1 heterocycles. The van der Waals surface area contributed by atoms with E-state index in [1.165, 1.54) is 0 Å². The van der Waals surface area contributed by atoms with E-state index in [-0.39, 0.29) is 6.04 Å². The average Bonchev–Trinajstić information content (AvgIpc) is 2.54. The van der Waals surface area contributed by atoms with E-state index in [0.29, 0.717) is 6.54 Å². The molecule has 0 aliphatic rings. The molecule has 0 aliphatic carbocycles. The molecule has 0 spiro atoms. The highest BCUT2D eigenvalue weighted by Gasteiger charge is 2.21. The van der Waals surface area contributed by atoms with Crippen LogP contribution in [0, 0.1) is 6.92 Å². The first-order chi connectivity index (χ1) is 7.13. The highest BCUT2D eigenvalue weighted by molar-refractivity contribution is 9.10. The van der Waals surface area contributed by atoms with E-state index in [1.54, 1.807) is 0 Å². The quantitative estimate of drug-likeness (QED) is 0.861. The number of aryl methyl sites for hydroxylation is 1. The number of hydrogen-bond acceptors (Lipinski definition) is 3. The molecule has 0 fully saturated rings. The van der Waals surface area contributed by atoms with Crippen molar-refractivity contribution in [2.75, 3.05) is 19.6 Å². The molecule has 15 heavy (non-hydrogen) atoms. The molecule has 0 amide bonds. The van der Waals surface area contributed by atoms with Gasteiger partial charge in [0.1, 0.15) is 10.4 Å². The summed E-state index contributed by atoms with van der Waals surface area (Å²) in [6.45, 7) is 8.81. The normalized spacial score (nSPS) is 13.5. The number of halogens is 1. The van der Waals surface area contributed by atoms with Gasteiger partial charge in [0.2, 0.25) is 0 Å². The lowest BCUT2D eigenvalue weighted by atomic mass is 10.2. The van der Waals surface area contributed by atoms with Crippen molar-refractivity contribution >= 4 is 15.9 Å². The highest BCUT2D eigenvalue weighted by Crippen LogP contribution is 2.24. The SMILES string of the molecule is CCN(CC)C(CN)c1[nH]c(C)nc1Br. The van der Waals surface area contributed by atoms with E-state index >= 15 is 0 Å². The van der Waals surface area contributed by atoms with Gasteiger partial charge in [0.15, 0.2) is 0 Å². The van der Waals surface area contributed by atoms with Crippen molar-refractivity contribution in [2.45, 2.75) is 26.8 Å². The molecule has 1 aromatic heterocycles. The van der Waals surface area contributed by atoms with Crippen molar-refractivity contribution in [3.8, 4) is 0 Å². The van der Waals surface area contributed by atoms with Gasteiger partial charge in [-0.2, -0.15) is 0 Å².